The summed E-state index contributed by atoms with van der Waals surface area (Å²) >= 11 is 8.19. The number of carbonyl (C=O) groups excluding carboxylic acids is 1. The zero-order valence-electron chi connectivity index (χ0n) is 18.9. The second kappa shape index (κ2) is 10.1. The van der Waals surface area contributed by atoms with Gasteiger partial charge in [-0.2, -0.15) is 10.1 Å². The molecule has 176 valence electrons. The number of hydrogen-bond donors (Lipinski definition) is 0. The number of halogens is 1. The summed E-state index contributed by atoms with van der Waals surface area (Å²) < 4.78 is 7.01. The maximum atomic E-state index is 13.2. The molecule has 0 bridgehead atoms. The van der Waals surface area contributed by atoms with Gasteiger partial charge >= 0.3 is 0 Å². The van der Waals surface area contributed by atoms with Gasteiger partial charge in [0.25, 0.3) is 5.91 Å². The molecule has 0 radical (unpaired) electrons. The average molecular weight is 497 g/mol. The van der Waals surface area contributed by atoms with Crippen LogP contribution in [0.5, 0.6) is 0 Å². The Hall–Kier alpha value is -3.01. The summed E-state index contributed by atoms with van der Waals surface area (Å²) in [6.45, 7) is 5.71. The molecule has 0 unspecified atom stereocenters. The summed E-state index contributed by atoms with van der Waals surface area (Å²) in [5.41, 5.74) is 1.96. The van der Waals surface area contributed by atoms with Gasteiger partial charge in [0.15, 0.2) is 0 Å². The molecule has 0 spiro atoms. The number of carbonyl (C=O) groups is 1. The third-order valence-corrected chi connectivity index (χ3v) is 7.17. The number of nitrogens with zero attached hydrogens (tertiary/aromatic N) is 6. The van der Waals surface area contributed by atoms with Crippen LogP contribution in [0, 0.1) is 6.92 Å². The van der Waals surface area contributed by atoms with Crippen LogP contribution >= 0.6 is 22.9 Å². The van der Waals surface area contributed by atoms with Crippen LogP contribution in [0.25, 0.3) is 16.4 Å². The van der Waals surface area contributed by atoms with Crippen molar-refractivity contribution in [3.8, 4) is 16.4 Å². The number of para-hydroxylation sites is 1. The smallest absolute Gasteiger partial charge is 0.258 e. The molecule has 4 heterocycles. The molecule has 34 heavy (non-hydrogen) atoms. The van der Waals surface area contributed by atoms with Crippen molar-refractivity contribution in [1.29, 1.82) is 0 Å². The monoisotopic (exact) mass is 496 g/mol. The second-order valence-corrected chi connectivity index (χ2v) is 9.53. The Morgan fingerprint density at radius 1 is 1.12 bits per heavy atom. The third kappa shape index (κ3) is 4.77. The van der Waals surface area contributed by atoms with Crippen LogP contribution in [0.1, 0.15) is 28.4 Å². The predicted octanol–water partition coefficient (Wildman–Crippen LogP) is 4.34. The summed E-state index contributed by atoms with van der Waals surface area (Å²) in [7, 11) is 0. The largest absolute Gasteiger partial charge is 0.339 e. The van der Waals surface area contributed by atoms with E-state index in [1.165, 1.54) is 0 Å². The van der Waals surface area contributed by atoms with Crippen molar-refractivity contribution >= 4 is 28.8 Å². The number of thiophene rings is 1. The topological polar surface area (TPSA) is 80.3 Å². The molecule has 3 aromatic heterocycles. The Morgan fingerprint density at radius 3 is 2.65 bits per heavy atom. The van der Waals surface area contributed by atoms with Crippen molar-refractivity contribution in [2.45, 2.75) is 19.8 Å². The molecule has 1 aliphatic heterocycles. The van der Waals surface area contributed by atoms with E-state index in [4.69, 9.17) is 16.1 Å². The molecular weight excluding hydrogens is 472 g/mol. The quantitative estimate of drug-likeness (QED) is 0.378. The summed E-state index contributed by atoms with van der Waals surface area (Å²) in [6.07, 6.45) is 1.67. The van der Waals surface area contributed by atoms with E-state index in [0.717, 1.165) is 43.0 Å². The molecule has 1 aromatic carbocycles. The Balaban J connectivity index is 1.13. The highest BCUT2D eigenvalue weighted by Crippen LogP contribution is 2.25. The highest BCUT2D eigenvalue weighted by atomic mass is 35.5. The van der Waals surface area contributed by atoms with Gasteiger partial charge in [-0.25, -0.2) is 4.68 Å². The van der Waals surface area contributed by atoms with E-state index in [0.29, 0.717) is 41.2 Å². The molecule has 1 amide bonds. The van der Waals surface area contributed by atoms with E-state index in [9.17, 15) is 4.79 Å². The van der Waals surface area contributed by atoms with E-state index in [1.807, 2.05) is 59.7 Å². The fraction of sp³-hybridized carbons (Fsp3) is 0.333. The zero-order chi connectivity index (χ0) is 23.5. The van der Waals surface area contributed by atoms with Gasteiger partial charge in [0.1, 0.15) is 5.15 Å². The lowest BCUT2D eigenvalue weighted by Gasteiger charge is -2.34. The van der Waals surface area contributed by atoms with Crippen LogP contribution in [-0.2, 0) is 6.42 Å². The van der Waals surface area contributed by atoms with Crippen LogP contribution in [0.4, 0.5) is 0 Å². The lowest BCUT2D eigenvalue weighted by atomic mass is 10.2. The first-order valence-electron chi connectivity index (χ1n) is 11.3. The Morgan fingerprint density at radius 2 is 1.91 bits per heavy atom. The van der Waals surface area contributed by atoms with Crippen LogP contribution in [0.2, 0.25) is 5.15 Å². The van der Waals surface area contributed by atoms with Crippen LogP contribution in [0.15, 0.2) is 52.4 Å². The van der Waals surface area contributed by atoms with Gasteiger partial charge < -0.3 is 9.42 Å². The number of benzene rings is 1. The normalized spacial score (nSPS) is 14.6. The van der Waals surface area contributed by atoms with Crippen molar-refractivity contribution in [3.05, 3.63) is 70.1 Å². The highest BCUT2D eigenvalue weighted by molar-refractivity contribution is 7.13. The molecule has 0 N–H and O–H groups in total. The zero-order valence-corrected chi connectivity index (χ0v) is 20.4. The summed E-state index contributed by atoms with van der Waals surface area (Å²) in [5.74, 6) is 1.26. The maximum Gasteiger partial charge on any atom is 0.258 e. The minimum absolute atomic E-state index is 0.0590. The Kier molecular flexibility index (Phi) is 6.75. The number of aryl methyl sites for hydroxylation is 2. The van der Waals surface area contributed by atoms with E-state index in [2.05, 4.69) is 20.1 Å². The van der Waals surface area contributed by atoms with Crippen LogP contribution in [-0.4, -0.2) is 68.4 Å². The predicted molar refractivity (Wildman–Crippen MR) is 132 cm³/mol. The van der Waals surface area contributed by atoms with Gasteiger partial charge in [-0.05, 0) is 43.5 Å². The Bertz CT molecular complexity index is 1250. The lowest BCUT2D eigenvalue weighted by molar-refractivity contribution is 0.0635. The summed E-state index contributed by atoms with van der Waals surface area (Å²) in [5, 5.41) is 10.9. The van der Waals surface area contributed by atoms with Gasteiger partial charge in [-0.15, -0.1) is 11.3 Å². The fourth-order valence-electron chi connectivity index (χ4n) is 4.13. The van der Waals surface area contributed by atoms with Crippen LogP contribution < -0.4 is 0 Å². The number of amides is 1. The van der Waals surface area contributed by atoms with Crippen molar-refractivity contribution in [2.75, 3.05) is 32.7 Å². The van der Waals surface area contributed by atoms with Gasteiger partial charge in [-0.1, -0.05) is 41.0 Å². The first-order valence-corrected chi connectivity index (χ1v) is 12.5. The van der Waals surface area contributed by atoms with Gasteiger partial charge in [0.05, 0.1) is 21.8 Å². The summed E-state index contributed by atoms with van der Waals surface area (Å²) in [6, 6.07) is 13.6. The molecule has 1 saturated heterocycles. The molecule has 1 aliphatic rings. The molecule has 5 rings (SSSR count). The number of aromatic nitrogens is 4. The minimum atomic E-state index is -0.0590. The molecule has 0 aliphatic carbocycles. The van der Waals surface area contributed by atoms with Crippen molar-refractivity contribution in [3.63, 3.8) is 0 Å². The second-order valence-electron chi connectivity index (χ2n) is 8.22. The SMILES string of the molecule is Cc1nn(-c2ccccc2)c(Cl)c1C(=O)N1CCN(CCCc2nc(-c3cccs3)no2)CC1. The maximum absolute atomic E-state index is 13.2. The van der Waals surface area contributed by atoms with E-state index >= 15 is 0 Å². The fourth-order valence-corrected chi connectivity index (χ4v) is 5.13. The number of piperazine rings is 1. The van der Waals surface area contributed by atoms with Crippen molar-refractivity contribution in [1.82, 2.24) is 29.7 Å². The van der Waals surface area contributed by atoms with Gasteiger partial charge in [-0.3, -0.25) is 9.69 Å². The molecular formula is C24H25ClN6O2S. The molecule has 8 nitrogen and oxygen atoms in total. The molecule has 1 fully saturated rings. The van der Waals surface area contributed by atoms with E-state index in [-0.39, 0.29) is 5.91 Å². The first kappa shape index (κ1) is 22.8. The molecule has 4 aromatic rings. The standard InChI is InChI=1S/C24H25ClN6O2S/c1-17-21(22(25)31(27-17)18-7-3-2-4-8-18)24(32)30-14-12-29(13-15-30)11-5-10-20-26-23(28-33-20)19-9-6-16-34-19/h2-4,6-9,16H,5,10-15H2,1H3. The average Bonchev–Trinajstić information content (AvgIpc) is 3.61. The molecule has 0 atom stereocenters. The Labute approximate surface area is 206 Å². The van der Waals surface area contributed by atoms with Crippen molar-refractivity contribution in [2.24, 2.45) is 0 Å². The highest BCUT2D eigenvalue weighted by Gasteiger charge is 2.28. The first-order chi connectivity index (χ1) is 16.6. The summed E-state index contributed by atoms with van der Waals surface area (Å²) in [4.78, 5) is 23.0. The third-order valence-electron chi connectivity index (χ3n) is 5.95. The number of hydrogen-bond acceptors (Lipinski definition) is 7. The van der Waals surface area contributed by atoms with Crippen molar-refractivity contribution < 1.29 is 9.32 Å². The molecule has 0 saturated carbocycles. The minimum Gasteiger partial charge on any atom is -0.339 e. The van der Waals surface area contributed by atoms with E-state index < -0.39 is 0 Å². The lowest BCUT2D eigenvalue weighted by Crippen LogP contribution is -2.49. The van der Waals surface area contributed by atoms with Crippen LogP contribution in [0.3, 0.4) is 0 Å². The molecule has 10 heteroatoms. The number of rotatable bonds is 7. The van der Waals surface area contributed by atoms with E-state index in [1.54, 1.807) is 16.0 Å². The van der Waals surface area contributed by atoms with Gasteiger partial charge in [0, 0.05) is 32.6 Å². The van der Waals surface area contributed by atoms with Gasteiger partial charge in [0.2, 0.25) is 11.7 Å².